The fourth-order valence-electron chi connectivity index (χ4n) is 4.80. The van der Waals surface area contributed by atoms with Crippen molar-refractivity contribution < 1.29 is 14.3 Å². The summed E-state index contributed by atoms with van der Waals surface area (Å²) in [5, 5.41) is 0. The number of rotatable bonds is 9. The van der Waals surface area contributed by atoms with Crippen molar-refractivity contribution in [2.45, 2.75) is 38.6 Å². The van der Waals surface area contributed by atoms with E-state index in [2.05, 4.69) is 29.7 Å². The number of hydrogen-bond acceptors (Lipinski definition) is 4. The maximum atomic E-state index is 13.0. The lowest BCUT2D eigenvalue weighted by Gasteiger charge is -2.19. The van der Waals surface area contributed by atoms with Gasteiger partial charge in [-0.15, -0.1) is 0 Å². The van der Waals surface area contributed by atoms with E-state index < -0.39 is 0 Å². The Morgan fingerprint density at radius 3 is 2.57 bits per heavy atom. The summed E-state index contributed by atoms with van der Waals surface area (Å²) in [7, 11) is 1.64. The number of anilines is 1. The van der Waals surface area contributed by atoms with E-state index in [1.54, 1.807) is 7.11 Å². The van der Waals surface area contributed by atoms with Gasteiger partial charge in [-0.25, -0.2) is 4.98 Å². The summed E-state index contributed by atoms with van der Waals surface area (Å²) in [6, 6.07) is 24.1. The largest absolute Gasteiger partial charge is 0.495 e. The number of unbranched alkanes of at least 4 members (excludes halogenated alkanes) is 1. The molecule has 5 rings (SSSR count). The monoisotopic (exact) mass is 469 g/mol. The standard InChI is InChI=1S/C29H31N3O3/c1-21-13-15-23(16-14-21)35-18-8-7-17-31-25-10-4-3-9-24(25)30-29(31)22-19-28(33)32(20-22)26-11-5-6-12-27(26)34-2/h3-6,9-16,22H,7-8,17-20H2,1-2H3/t22-/m1/s1. The van der Waals surface area contributed by atoms with E-state index >= 15 is 0 Å². The van der Waals surface area contributed by atoms with E-state index in [-0.39, 0.29) is 11.8 Å². The van der Waals surface area contributed by atoms with Crippen molar-refractivity contribution in [1.82, 2.24) is 9.55 Å². The quantitative estimate of drug-likeness (QED) is 0.294. The highest BCUT2D eigenvalue weighted by atomic mass is 16.5. The van der Waals surface area contributed by atoms with Crippen LogP contribution in [0.25, 0.3) is 11.0 Å². The lowest BCUT2D eigenvalue weighted by molar-refractivity contribution is -0.117. The minimum Gasteiger partial charge on any atom is -0.495 e. The summed E-state index contributed by atoms with van der Waals surface area (Å²) in [6.07, 6.45) is 2.35. The SMILES string of the molecule is COc1ccccc1N1C[C@H](c2nc3ccccc3n2CCCCOc2ccc(C)cc2)CC1=O. The van der Waals surface area contributed by atoms with Gasteiger partial charge in [0.1, 0.15) is 17.3 Å². The molecule has 1 saturated heterocycles. The Morgan fingerprint density at radius 2 is 1.74 bits per heavy atom. The molecule has 1 aliphatic heterocycles. The summed E-state index contributed by atoms with van der Waals surface area (Å²) in [4.78, 5) is 19.8. The number of aromatic nitrogens is 2. The van der Waals surface area contributed by atoms with Gasteiger partial charge in [0, 0.05) is 25.4 Å². The number of amides is 1. The number of methoxy groups -OCH3 is 1. The predicted octanol–water partition coefficient (Wildman–Crippen LogP) is 5.73. The molecule has 0 aliphatic carbocycles. The molecule has 1 fully saturated rings. The van der Waals surface area contributed by atoms with Gasteiger partial charge in [0.15, 0.2) is 0 Å². The van der Waals surface area contributed by atoms with Crippen LogP contribution in [0.15, 0.2) is 72.8 Å². The van der Waals surface area contributed by atoms with E-state index in [1.165, 1.54) is 5.56 Å². The van der Waals surface area contributed by atoms with Crippen LogP contribution in [0.3, 0.4) is 0 Å². The van der Waals surface area contributed by atoms with Gasteiger partial charge in [-0.1, -0.05) is 42.0 Å². The summed E-state index contributed by atoms with van der Waals surface area (Å²) in [6.45, 7) is 4.18. The highest BCUT2D eigenvalue weighted by Gasteiger charge is 2.35. The topological polar surface area (TPSA) is 56.6 Å². The Hall–Kier alpha value is -3.80. The second-order valence-corrected chi connectivity index (χ2v) is 9.06. The van der Waals surface area contributed by atoms with Crippen LogP contribution in [0.5, 0.6) is 11.5 Å². The normalized spacial score (nSPS) is 15.7. The van der Waals surface area contributed by atoms with Crippen LogP contribution in [0.1, 0.15) is 36.6 Å². The lowest BCUT2D eigenvalue weighted by atomic mass is 10.1. The Balaban J connectivity index is 1.30. The first-order valence-corrected chi connectivity index (χ1v) is 12.2. The summed E-state index contributed by atoms with van der Waals surface area (Å²) < 4.78 is 13.7. The number of benzene rings is 3. The number of fused-ring (bicyclic) bond motifs is 1. The molecule has 0 radical (unpaired) electrons. The van der Waals surface area contributed by atoms with Crippen LogP contribution in [-0.4, -0.2) is 35.7 Å². The summed E-state index contributed by atoms with van der Waals surface area (Å²) in [5.41, 5.74) is 4.14. The number of aryl methyl sites for hydroxylation is 2. The number of carbonyl (C=O) groups is 1. The fraction of sp³-hybridized carbons (Fsp3) is 0.310. The number of para-hydroxylation sites is 4. The number of ether oxygens (including phenoxy) is 2. The van der Waals surface area contributed by atoms with Gasteiger partial charge >= 0.3 is 0 Å². The van der Waals surface area contributed by atoms with E-state index in [0.29, 0.717) is 25.3 Å². The minimum absolute atomic E-state index is 0.0311. The Bertz CT molecular complexity index is 1310. The van der Waals surface area contributed by atoms with E-state index in [1.807, 2.05) is 59.5 Å². The first-order valence-electron chi connectivity index (χ1n) is 12.2. The molecule has 1 atom stereocenters. The second kappa shape index (κ2) is 10.2. The van der Waals surface area contributed by atoms with Gasteiger partial charge in [-0.3, -0.25) is 4.79 Å². The first kappa shape index (κ1) is 23.0. The maximum Gasteiger partial charge on any atom is 0.227 e. The zero-order valence-electron chi connectivity index (χ0n) is 20.3. The molecule has 0 unspecified atom stereocenters. The smallest absolute Gasteiger partial charge is 0.227 e. The number of imidazole rings is 1. The highest BCUT2D eigenvalue weighted by molar-refractivity contribution is 5.97. The zero-order chi connectivity index (χ0) is 24.2. The van der Waals surface area contributed by atoms with Crippen LogP contribution in [0.2, 0.25) is 0 Å². The third kappa shape index (κ3) is 4.87. The molecule has 1 aromatic heterocycles. The van der Waals surface area contributed by atoms with Gasteiger partial charge in [0.2, 0.25) is 5.91 Å². The van der Waals surface area contributed by atoms with Crippen LogP contribution in [0, 0.1) is 6.92 Å². The van der Waals surface area contributed by atoms with E-state index in [4.69, 9.17) is 14.5 Å². The first-order chi connectivity index (χ1) is 17.1. The molecular weight excluding hydrogens is 438 g/mol. The molecule has 1 amide bonds. The molecule has 0 bridgehead atoms. The molecule has 35 heavy (non-hydrogen) atoms. The van der Waals surface area contributed by atoms with E-state index in [9.17, 15) is 4.79 Å². The molecule has 4 aromatic rings. The van der Waals surface area contributed by atoms with Crippen molar-refractivity contribution in [1.29, 1.82) is 0 Å². The Labute approximate surface area is 206 Å². The average molecular weight is 470 g/mol. The third-order valence-corrected chi connectivity index (χ3v) is 6.62. The Kier molecular flexibility index (Phi) is 6.70. The number of nitrogens with zero attached hydrogens (tertiary/aromatic N) is 3. The second-order valence-electron chi connectivity index (χ2n) is 9.06. The Morgan fingerprint density at radius 1 is 0.971 bits per heavy atom. The summed E-state index contributed by atoms with van der Waals surface area (Å²) in [5.74, 6) is 2.73. The van der Waals surface area contributed by atoms with Crippen LogP contribution in [0.4, 0.5) is 5.69 Å². The van der Waals surface area contributed by atoms with Gasteiger partial charge < -0.3 is 18.9 Å². The molecule has 6 nitrogen and oxygen atoms in total. The van der Waals surface area contributed by atoms with Crippen molar-refractivity contribution in [3.05, 3.63) is 84.2 Å². The van der Waals surface area contributed by atoms with Gasteiger partial charge in [-0.2, -0.15) is 0 Å². The molecular formula is C29H31N3O3. The molecule has 3 aromatic carbocycles. The summed E-state index contributed by atoms with van der Waals surface area (Å²) >= 11 is 0. The molecule has 0 spiro atoms. The zero-order valence-corrected chi connectivity index (χ0v) is 20.3. The minimum atomic E-state index is 0.0311. The van der Waals surface area contributed by atoms with Gasteiger partial charge in [-0.05, 0) is 56.2 Å². The van der Waals surface area contributed by atoms with Crippen molar-refractivity contribution >= 4 is 22.6 Å². The van der Waals surface area contributed by atoms with Crippen molar-refractivity contribution in [3.8, 4) is 11.5 Å². The molecule has 0 saturated carbocycles. The van der Waals surface area contributed by atoms with E-state index in [0.717, 1.165) is 47.7 Å². The molecule has 1 aliphatic rings. The average Bonchev–Trinajstić information content (AvgIpc) is 3.45. The fourth-order valence-corrected chi connectivity index (χ4v) is 4.80. The van der Waals surface area contributed by atoms with Crippen LogP contribution < -0.4 is 14.4 Å². The van der Waals surface area contributed by atoms with Gasteiger partial charge in [0.05, 0.1) is 30.4 Å². The third-order valence-electron chi connectivity index (χ3n) is 6.62. The van der Waals surface area contributed by atoms with Crippen molar-refractivity contribution in [2.24, 2.45) is 0 Å². The lowest BCUT2D eigenvalue weighted by Crippen LogP contribution is -2.25. The highest BCUT2D eigenvalue weighted by Crippen LogP contribution is 2.37. The van der Waals surface area contributed by atoms with Crippen LogP contribution in [-0.2, 0) is 11.3 Å². The van der Waals surface area contributed by atoms with Crippen molar-refractivity contribution in [3.63, 3.8) is 0 Å². The molecule has 0 N–H and O–H groups in total. The number of carbonyl (C=O) groups excluding carboxylic acids is 1. The maximum absolute atomic E-state index is 13.0. The molecule has 180 valence electrons. The van der Waals surface area contributed by atoms with Gasteiger partial charge in [0.25, 0.3) is 0 Å². The predicted molar refractivity (Wildman–Crippen MR) is 138 cm³/mol. The molecule has 2 heterocycles. The molecule has 6 heteroatoms. The van der Waals surface area contributed by atoms with Crippen molar-refractivity contribution in [2.75, 3.05) is 25.2 Å². The number of hydrogen-bond donors (Lipinski definition) is 0. The van der Waals surface area contributed by atoms with Crippen LogP contribution >= 0.6 is 0 Å².